The van der Waals surface area contributed by atoms with Crippen LogP contribution in [0.1, 0.15) is 12.5 Å². The summed E-state index contributed by atoms with van der Waals surface area (Å²) in [5, 5.41) is 2.85. The van der Waals surface area contributed by atoms with Gasteiger partial charge in [-0.1, -0.05) is 23.7 Å². The Balaban J connectivity index is 0.00000264. The maximum atomic E-state index is 12.3. The number of rotatable bonds is 5. The second-order valence-electron chi connectivity index (χ2n) is 4.51. The van der Waals surface area contributed by atoms with Gasteiger partial charge >= 0.3 is 0 Å². The molecule has 0 saturated carbocycles. The van der Waals surface area contributed by atoms with Gasteiger partial charge in [-0.3, -0.25) is 14.5 Å². The molecule has 0 aliphatic heterocycles. The minimum atomic E-state index is -3.73. The van der Waals surface area contributed by atoms with Crippen LogP contribution in [-0.2, 0) is 21.4 Å². The number of hydrogen-bond donors (Lipinski definition) is 2. The molecule has 0 radical (unpaired) electrons. The Morgan fingerprint density at radius 3 is 2.43 bits per heavy atom. The first kappa shape index (κ1) is 19.2. The van der Waals surface area contributed by atoms with E-state index in [9.17, 15) is 13.2 Å². The van der Waals surface area contributed by atoms with Gasteiger partial charge in [-0.25, -0.2) is 8.42 Å². The van der Waals surface area contributed by atoms with Gasteiger partial charge in [-0.15, -0.1) is 12.4 Å². The Morgan fingerprint density at radius 2 is 1.87 bits per heavy atom. The Kier molecular flexibility index (Phi) is 6.80. The fourth-order valence-electron chi connectivity index (χ4n) is 1.67. The smallest absolute Gasteiger partial charge is 0.261 e. The van der Waals surface area contributed by atoms with E-state index >= 15 is 0 Å². The van der Waals surface area contributed by atoms with E-state index in [2.05, 4.69) is 15.0 Å². The number of carbonyl (C=O) groups excluding carboxylic acids is 1. The van der Waals surface area contributed by atoms with Crippen molar-refractivity contribution in [2.75, 3.05) is 4.72 Å². The first-order valence-corrected chi connectivity index (χ1v) is 8.20. The lowest BCUT2D eigenvalue weighted by molar-refractivity contribution is -0.119. The molecule has 0 atom stereocenters. The highest BCUT2D eigenvalue weighted by molar-refractivity contribution is 7.92. The van der Waals surface area contributed by atoms with Crippen molar-refractivity contribution in [3.05, 3.63) is 53.3 Å². The lowest BCUT2D eigenvalue weighted by Gasteiger charge is -2.10. The maximum Gasteiger partial charge on any atom is 0.261 e. The van der Waals surface area contributed by atoms with Gasteiger partial charge in [0.15, 0.2) is 0 Å². The number of nitrogens with one attached hydrogen (secondary N) is 2. The van der Waals surface area contributed by atoms with Crippen LogP contribution in [0.4, 0.5) is 5.69 Å². The summed E-state index contributed by atoms with van der Waals surface area (Å²) in [6.07, 6.45) is 2.80. The summed E-state index contributed by atoms with van der Waals surface area (Å²) in [5.74, 6) is -0.148. The molecule has 0 aliphatic rings. The van der Waals surface area contributed by atoms with Gasteiger partial charge in [-0.05, 0) is 23.8 Å². The van der Waals surface area contributed by atoms with Crippen molar-refractivity contribution < 1.29 is 13.2 Å². The summed E-state index contributed by atoms with van der Waals surface area (Å²) >= 11 is 5.88. The van der Waals surface area contributed by atoms with Gasteiger partial charge in [-0.2, -0.15) is 0 Å². The highest BCUT2D eigenvalue weighted by Gasteiger charge is 2.15. The zero-order chi connectivity index (χ0) is 16.2. The number of hydrogen-bond acceptors (Lipinski definition) is 4. The molecule has 2 N–H and O–H groups in total. The zero-order valence-electron chi connectivity index (χ0n) is 12.1. The lowest BCUT2D eigenvalue weighted by atomic mass is 10.2. The van der Waals surface area contributed by atoms with Crippen molar-refractivity contribution in [2.45, 2.75) is 18.4 Å². The third-order valence-electron chi connectivity index (χ3n) is 2.79. The number of carbonyl (C=O) groups is 1. The van der Waals surface area contributed by atoms with E-state index < -0.39 is 10.0 Å². The number of anilines is 1. The van der Waals surface area contributed by atoms with Crippen molar-refractivity contribution in [3.63, 3.8) is 0 Å². The average Bonchev–Trinajstić information content (AvgIpc) is 2.48. The predicted molar refractivity (Wildman–Crippen MR) is 91.3 cm³/mol. The molecule has 23 heavy (non-hydrogen) atoms. The van der Waals surface area contributed by atoms with Crippen LogP contribution >= 0.6 is 24.0 Å². The number of amides is 1. The van der Waals surface area contributed by atoms with Gasteiger partial charge in [0.25, 0.3) is 10.0 Å². The summed E-state index contributed by atoms with van der Waals surface area (Å²) in [6, 6.07) is 7.69. The van der Waals surface area contributed by atoms with Crippen molar-refractivity contribution in [2.24, 2.45) is 0 Å². The lowest BCUT2D eigenvalue weighted by Crippen LogP contribution is -2.19. The monoisotopic (exact) mass is 375 g/mol. The molecule has 0 bridgehead atoms. The number of halogens is 2. The summed E-state index contributed by atoms with van der Waals surface area (Å²) in [6.45, 7) is 1.76. The van der Waals surface area contributed by atoms with Crippen LogP contribution in [0, 0.1) is 0 Å². The quantitative estimate of drug-likeness (QED) is 0.840. The molecule has 0 aliphatic carbocycles. The molecule has 0 unspecified atom stereocenters. The standard InChI is InChI=1S/C14H14ClN3O3S.ClH/c1-10(19)17-8-11-2-4-12(5-3-11)22(20,21)18-14-6-7-16-9-13(14)15;/h2-7,9H,8H2,1H3,(H,16,18)(H,17,19);1H. The van der Waals surface area contributed by atoms with Crippen molar-refractivity contribution in [3.8, 4) is 0 Å². The van der Waals surface area contributed by atoms with E-state index in [1.54, 1.807) is 12.1 Å². The fraction of sp³-hybridized carbons (Fsp3) is 0.143. The summed E-state index contributed by atoms with van der Waals surface area (Å²) < 4.78 is 26.9. The predicted octanol–water partition coefficient (Wildman–Crippen LogP) is 2.59. The average molecular weight is 376 g/mol. The van der Waals surface area contributed by atoms with Crippen LogP contribution in [0.15, 0.2) is 47.6 Å². The normalized spacial score (nSPS) is 10.5. The van der Waals surface area contributed by atoms with E-state index in [0.717, 1.165) is 5.56 Å². The SMILES string of the molecule is CC(=O)NCc1ccc(S(=O)(=O)Nc2ccncc2Cl)cc1.Cl. The Labute approximate surface area is 145 Å². The van der Waals surface area contributed by atoms with Gasteiger partial charge in [0.1, 0.15) is 0 Å². The first-order chi connectivity index (χ1) is 10.4. The summed E-state index contributed by atoms with van der Waals surface area (Å²) in [4.78, 5) is 14.7. The number of sulfonamides is 1. The van der Waals surface area contributed by atoms with Gasteiger partial charge in [0.05, 0.1) is 15.6 Å². The van der Waals surface area contributed by atoms with E-state index in [1.165, 1.54) is 37.5 Å². The number of aromatic nitrogens is 1. The molecule has 6 nitrogen and oxygen atoms in total. The molecule has 2 aromatic rings. The second-order valence-corrected chi connectivity index (χ2v) is 6.60. The molecular formula is C14H15Cl2N3O3S. The van der Waals surface area contributed by atoms with Gasteiger partial charge in [0, 0.05) is 25.9 Å². The molecule has 1 aromatic heterocycles. The third kappa shape index (κ3) is 5.38. The topological polar surface area (TPSA) is 88.2 Å². The Hall–Kier alpha value is -1.83. The van der Waals surface area contributed by atoms with Crippen LogP contribution in [0.5, 0.6) is 0 Å². The van der Waals surface area contributed by atoms with Gasteiger partial charge in [0.2, 0.25) is 5.91 Å². The molecule has 1 heterocycles. The van der Waals surface area contributed by atoms with Crippen LogP contribution in [-0.4, -0.2) is 19.3 Å². The molecular weight excluding hydrogens is 361 g/mol. The van der Waals surface area contributed by atoms with Gasteiger partial charge < -0.3 is 5.32 Å². The van der Waals surface area contributed by atoms with Crippen LogP contribution < -0.4 is 10.0 Å². The van der Waals surface area contributed by atoms with Crippen molar-refractivity contribution in [1.82, 2.24) is 10.3 Å². The number of benzene rings is 1. The summed E-state index contributed by atoms with van der Waals surface area (Å²) in [5.41, 5.74) is 1.06. The van der Waals surface area contributed by atoms with Crippen molar-refractivity contribution in [1.29, 1.82) is 0 Å². The molecule has 0 fully saturated rings. The van der Waals surface area contributed by atoms with E-state index in [-0.39, 0.29) is 33.9 Å². The third-order valence-corrected chi connectivity index (χ3v) is 4.47. The van der Waals surface area contributed by atoms with E-state index in [1.807, 2.05) is 0 Å². The first-order valence-electron chi connectivity index (χ1n) is 6.34. The minimum Gasteiger partial charge on any atom is -0.352 e. The maximum absolute atomic E-state index is 12.3. The second kappa shape index (κ2) is 8.14. The number of nitrogens with zero attached hydrogens (tertiary/aromatic N) is 1. The molecule has 124 valence electrons. The van der Waals surface area contributed by atoms with Crippen LogP contribution in [0.2, 0.25) is 5.02 Å². The zero-order valence-corrected chi connectivity index (χ0v) is 14.5. The van der Waals surface area contributed by atoms with E-state index in [0.29, 0.717) is 6.54 Å². The molecule has 9 heteroatoms. The van der Waals surface area contributed by atoms with Crippen LogP contribution in [0.25, 0.3) is 0 Å². The molecule has 1 amide bonds. The number of pyridine rings is 1. The molecule has 1 aromatic carbocycles. The largest absolute Gasteiger partial charge is 0.352 e. The highest BCUT2D eigenvalue weighted by Crippen LogP contribution is 2.23. The van der Waals surface area contributed by atoms with Crippen LogP contribution in [0.3, 0.4) is 0 Å². The van der Waals surface area contributed by atoms with Crippen molar-refractivity contribution >= 4 is 45.6 Å². The molecule has 2 rings (SSSR count). The molecule has 0 spiro atoms. The highest BCUT2D eigenvalue weighted by atomic mass is 35.5. The molecule has 0 saturated heterocycles. The Bertz CT molecular complexity index is 780. The Morgan fingerprint density at radius 1 is 1.22 bits per heavy atom. The van der Waals surface area contributed by atoms with E-state index in [4.69, 9.17) is 11.6 Å². The minimum absolute atomic E-state index is 0. The fourth-order valence-corrected chi connectivity index (χ4v) is 2.98. The summed E-state index contributed by atoms with van der Waals surface area (Å²) in [7, 11) is -3.73.